The summed E-state index contributed by atoms with van der Waals surface area (Å²) < 4.78 is 5.48. The summed E-state index contributed by atoms with van der Waals surface area (Å²) in [5.41, 5.74) is 1.97. The number of hydrogen-bond acceptors (Lipinski definition) is 4. The van der Waals surface area contributed by atoms with Crippen molar-refractivity contribution in [3.05, 3.63) is 58.6 Å². The monoisotopic (exact) mass is 470 g/mol. The summed E-state index contributed by atoms with van der Waals surface area (Å²) in [6.07, 6.45) is 0. The second-order valence-electron chi connectivity index (χ2n) is 8.15. The van der Waals surface area contributed by atoms with Gasteiger partial charge in [-0.05, 0) is 43.7 Å². The fourth-order valence-electron chi connectivity index (χ4n) is 4.21. The first-order valence-corrected chi connectivity index (χ1v) is 11.4. The zero-order valence-corrected chi connectivity index (χ0v) is 19.5. The lowest BCUT2D eigenvalue weighted by Crippen LogP contribution is -2.56. The van der Waals surface area contributed by atoms with E-state index in [0.717, 1.165) is 11.3 Å². The molecule has 2 aromatic rings. The third-order valence-corrected chi connectivity index (χ3v) is 6.20. The maximum atomic E-state index is 13.6. The van der Waals surface area contributed by atoms with Crippen LogP contribution >= 0.6 is 11.6 Å². The van der Waals surface area contributed by atoms with E-state index in [9.17, 15) is 14.4 Å². The Bertz CT molecular complexity index is 1080. The van der Waals surface area contributed by atoms with Crippen LogP contribution in [-0.4, -0.2) is 66.5 Å². The number of halogens is 1. The Balaban J connectivity index is 1.64. The molecule has 4 amide bonds. The van der Waals surface area contributed by atoms with E-state index < -0.39 is 0 Å². The number of amides is 4. The highest BCUT2D eigenvalue weighted by Gasteiger charge is 2.35. The van der Waals surface area contributed by atoms with Gasteiger partial charge in [-0.3, -0.25) is 9.59 Å². The molecule has 0 spiro atoms. The van der Waals surface area contributed by atoms with Crippen LogP contribution in [0.25, 0.3) is 0 Å². The Morgan fingerprint density at radius 1 is 1.18 bits per heavy atom. The SMILES string of the molecule is CCOc1ccc(C(=O)N2C[C@@H](C)N(C(=O)N3CCNC(=O)C3)Cc3ccccc32)c(Cl)c1. The quantitative estimate of drug-likeness (QED) is 0.747. The number of nitrogens with one attached hydrogen (secondary N) is 1. The maximum absolute atomic E-state index is 13.6. The maximum Gasteiger partial charge on any atom is 0.321 e. The molecule has 9 heteroatoms. The molecule has 2 heterocycles. The summed E-state index contributed by atoms with van der Waals surface area (Å²) in [5.74, 6) is 0.194. The number of rotatable bonds is 3. The number of para-hydroxylation sites is 1. The fourth-order valence-corrected chi connectivity index (χ4v) is 4.46. The molecule has 8 nitrogen and oxygen atoms in total. The second-order valence-corrected chi connectivity index (χ2v) is 8.56. The van der Waals surface area contributed by atoms with E-state index in [1.54, 1.807) is 32.9 Å². The number of ether oxygens (including phenoxy) is 1. The zero-order chi connectivity index (χ0) is 23.5. The topological polar surface area (TPSA) is 82.2 Å². The number of urea groups is 1. The summed E-state index contributed by atoms with van der Waals surface area (Å²) in [5, 5.41) is 3.05. The molecule has 1 atom stereocenters. The zero-order valence-electron chi connectivity index (χ0n) is 18.7. The van der Waals surface area contributed by atoms with Gasteiger partial charge in [0.1, 0.15) is 12.3 Å². The molecule has 4 rings (SSSR count). The van der Waals surface area contributed by atoms with Crippen molar-refractivity contribution in [2.75, 3.05) is 37.7 Å². The number of hydrogen-bond donors (Lipinski definition) is 1. The molecule has 2 aliphatic rings. The van der Waals surface area contributed by atoms with Crippen molar-refractivity contribution < 1.29 is 19.1 Å². The smallest absolute Gasteiger partial charge is 0.321 e. The minimum Gasteiger partial charge on any atom is -0.494 e. The molecule has 0 radical (unpaired) electrons. The summed E-state index contributed by atoms with van der Waals surface area (Å²) in [6, 6.07) is 12.1. The van der Waals surface area contributed by atoms with Crippen molar-refractivity contribution in [3.63, 3.8) is 0 Å². The van der Waals surface area contributed by atoms with Crippen LogP contribution in [0.4, 0.5) is 10.5 Å². The molecule has 1 N–H and O–H groups in total. The average Bonchev–Trinajstić information content (AvgIpc) is 2.95. The van der Waals surface area contributed by atoms with Gasteiger partial charge in [-0.1, -0.05) is 29.8 Å². The van der Waals surface area contributed by atoms with Crippen LogP contribution in [0.5, 0.6) is 5.75 Å². The number of carbonyl (C=O) groups excluding carboxylic acids is 3. The Kier molecular flexibility index (Phi) is 6.74. The number of carbonyl (C=O) groups is 3. The number of fused-ring (bicyclic) bond motifs is 1. The highest BCUT2D eigenvalue weighted by atomic mass is 35.5. The van der Waals surface area contributed by atoms with E-state index in [-0.39, 0.29) is 30.4 Å². The molecule has 33 heavy (non-hydrogen) atoms. The molecular formula is C24H27ClN4O4. The predicted molar refractivity (Wildman–Crippen MR) is 126 cm³/mol. The second kappa shape index (κ2) is 9.70. The van der Waals surface area contributed by atoms with Gasteiger partial charge in [-0.25, -0.2) is 4.79 Å². The highest BCUT2D eigenvalue weighted by Crippen LogP contribution is 2.31. The third kappa shape index (κ3) is 4.75. The number of benzene rings is 2. The van der Waals surface area contributed by atoms with Crippen molar-refractivity contribution in [2.45, 2.75) is 26.4 Å². The molecule has 2 aromatic carbocycles. The lowest BCUT2D eigenvalue weighted by atomic mass is 10.1. The van der Waals surface area contributed by atoms with Gasteiger partial charge < -0.3 is 24.8 Å². The normalized spacial score (nSPS) is 18.3. The minimum atomic E-state index is -0.277. The van der Waals surface area contributed by atoms with Gasteiger partial charge in [0, 0.05) is 37.9 Å². The molecule has 0 aliphatic carbocycles. The van der Waals surface area contributed by atoms with Crippen LogP contribution in [-0.2, 0) is 11.3 Å². The van der Waals surface area contributed by atoms with Crippen LogP contribution in [0.1, 0.15) is 29.8 Å². The summed E-state index contributed by atoms with van der Waals surface area (Å²) in [4.78, 5) is 43.7. The Labute approximate surface area is 198 Å². The first kappa shape index (κ1) is 22.9. The molecule has 0 unspecified atom stereocenters. The van der Waals surface area contributed by atoms with Crippen LogP contribution in [0.2, 0.25) is 5.02 Å². The third-order valence-electron chi connectivity index (χ3n) is 5.88. The van der Waals surface area contributed by atoms with Gasteiger partial charge in [0.2, 0.25) is 5.91 Å². The van der Waals surface area contributed by atoms with Crippen molar-refractivity contribution in [2.24, 2.45) is 0 Å². The number of nitrogens with zero attached hydrogens (tertiary/aromatic N) is 3. The lowest BCUT2D eigenvalue weighted by molar-refractivity contribution is -0.123. The van der Waals surface area contributed by atoms with E-state index in [4.69, 9.17) is 16.3 Å². The lowest BCUT2D eigenvalue weighted by Gasteiger charge is -2.35. The van der Waals surface area contributed by atoms with Crippen molar-refractivity contribution >= 4 is 35.1 Å². The molecule has 174 valence electrons. The molecule has 1 fully saturated rings. The molecule has 0 aromatic heterocycles. The molecule has 1 saturated heterocycles. The van der Waals surface area contributed by atoms with Gasteiger partial charge in [0.25, 0.3) is 5.91 Å². The van der Waals surface area contributed by atoms with E-state index in [1.165, 1.54) is 0 Å². The van der Waals surface area contributed by atoms with E-state index >= 15 is 0 Å². The van der Waals surface area contributed by atoms with Crippen molar-refractivity contribution in [1.29, 1.82) is 0 Å². The van der Waals surface area contributed by atoms with E-state index in [2.05, 4.69) is 5.32 Å². The van der Waals surface area contributed by atoms with Gasteiger partial charge in [0.05, 0.1) is 17.2 Å². The highest BCUT2D eigenvalue weighted by molar-refractivity contribution is 6.34. The molecule has 2 aliphatic heterocycles. The minimum absolute atomic E-state index is 0.0358. The fraction of sp³-hybridized carbons (Fsp3) is 0.375. The molecular weight excluding hydrogens is 444 g/mol. The van der Waals surface area contributed by atoms with Gasteiger partial charge in [-0.2, -0.15) is 0 Å². The van der Waals surface area contributed by atoms with Gasteiger partial charge >= 0.3 is 6.03 Å². The summed E-state index contributed by atoms with van der Waals surface area (Å²) in [6.45, 7) is 5.86. The van der Waals surface area contributed by atoms with Crippen LogP contribution in [0, 0.1) is 0 Å². The first-order valence-electron chi connectivity index (χ1n) is 11.0. The average molecular weight is 471 g/mol. The number of anilines is 1. The predicted octanol–water partition coefficient (Wildman–Crippen LogP) is 3.14. The molecule has 0 bridgehead atoms. The van der Waals surface area contributed by atoms with Gasteiger partial charge in [-0.15, -0.1) is 0 Å². The number of piperazine rings is 1. The van der Waals surface area contributed by atoms with E-state index in [1.807, 2.05) is 38.1 Å². The first-order chi connectivity index (χ1) is 15.9. The van der Waals surface area contributed by atoms with E-state index in [0.29, 0.717) is 49.1 Å². The van der Waals surface area contributed by atoms with Crippen LogP contribution in [0.15, 0.2) is 42.5 Å². The Hall–Kier alpha value is -3.26. The summed E-state index contributed by atoms with van der Waals surface area (Å²) >= 11 is 6.44. The largest absolute Gasteiger partial charge is 0.494 e. The van der Waals surface area contributed by atoms with Crippen LogP contribution in [0.3, 0.4) is 0 Å². The summed E-state index contributed by atoms with van der Waals surface area (Å²) in [7, 11) is 0. The Morgan fingerprint density at radius 2 is 1.97 bits per heavy atom. The van der Waals surface area contributed by atoms with Crippen molar-refractivity contribution in [3.8, 4) is 5.75 Å². The van der Waals surface area contributed by atoms with Gasteiger partial charge in [0.15, 0.2) is 0 Å². The van der Waals surface area contributed by atoms with Crippen molar-refractivity contribution in [1.82, 2.24) is 15.1 Å². The molecule has 0 saturated carbocycles. The standard InChI is InChI=1S/C24H27ClN4O4/c1-3-33-18-8-9-19(20(25)12-18)23(31)29-13-16(2)28(14-17-6-4-5-7-21(17)29)24(32)27-11-10-26-22(30)15-27/h4-9,12,16H,3,10-11,13-15H2,1-2H3,(H,26,30)/t16-/m1/s1. The Morgan fingerprint density at radius 3 is 2.70 bits per heavy atom. The van der Waals surface area contributed by atoms with Crippen LogP contribution < -0.4 is 15.0 Å².